The van der Waals surface area contributed by atoms with E-state index in [4.69, 9.17) is 4.42 Å². The lowest BCUT2D eigenvalue weighted by Crippen LogP contribution is -2.19. The average molecular weight is 451 g/mol. The summed E-state index contributed by atoms with van der Waals surface area (Å²) in [6.45, 7) is 3.94. The first-order valence-electron chi connectivity index (χ1n) is 10.7. The van der Waals surface area contributed by atoms with Crippen LogP contribution in [0.5, 0.6) is 0 Å². The third-order valence-electron chi connectivity index (χ3n) is 5.49. The van der Waals surface area contributed by atoms with Crippen molar-refractivity contribution in [1.82, 2.24) is 19.7 Å². The minimum atomic E-state index is -0.342. The molecule has 3 heterocycles. The topological polar surface area (TPSA) is 106 Å². The van der Waals surface area contributed by atoms with E-state index in [9.17, 15) is 9.59 Å². The van der Waals surface area contributed by atoms with E-state index in [1.165, 1.54) is 17.0 Å². The smallest absolute Gasteiger partial charge is 0.256 e. The average Bonchev–Trinajstić information content (AvgIpc) is 3.51. The Hall–Kier alpha value is -4.72. The number of furan rings is 1. The Morgan fingerprint density at radius 1 is 0.941 bits per heavy atom. The van der Waals surface area contributed by atoms with Gasteiger partial charge >= 0.3 is 0 Å². The molecule has 0 saturated carbocycles. The summed E-state index contributed by atoms with van der Waals surface area (Å²) < 4.78 is 6.87. The molecule has 0 bridgehead atoms. The number of nitrogens with one attached hydrogen (secondary N) is 2. The number of carbonyl (C=O) groups excluding carboxylic acids is 1. The highest BCUT2D eigenvalue weighted by atomic mass is 16.3. The van der Waals surface area contributed by atoms with Crippen LogP contribution in [0.25, 0.3) is 28.7 Å². The molecule has 3 aromatic heterocycles. The maximum absolute atomic E-state index is 13.0. The zero-order valence-electron chi connectivity index (χ0n) is 18.6. The van der Waals surface area contributed by atoms with Crippen molar-refractivity contribution in [1.29, 1.82) is 0 Å². The largest absolute Gasteiger partial charge is 0.463 e. The van der Waals surface area contributed by atoms with E-state index in [1.54, 1.807) is 24.3 Å². The van der Waals surface area contributed by atoms with Gasteiger partial charge in [-0.2, -0.15) is 9.78 Å². The molecule has 5 rings (SSSR count). The molecular weight excluding hydrogens is 430 g/mol. The van der Waals surface area contributed by atoms with Crippen molar-refractivity contribution in [2.45, 2.75) is 13.8 Å². The number of aromatic amines is 1. The molecule has 0 saturated heterocycles. The van der Waals surface area contributed by atoms with E-state index >= 15 is 0 Å². The van der Waals surface area contributed by atoms with Crippen LogP contribution in [0.3, 0.4) is 0 Å². The van der Waals surface area contributed by atoms with Gasteiger partial charge in [0.05, 0.1) is 12.0 Å². The van der Waals surface area contributed by atoms with Crippen LogP contribution in [0.15, 0.2) is 88.3 Å². The van der Waals surface area contributed by atoms with Crippen LogP contribution < -0.4 is 10.9 Å². The first kappa shape index (κ1) is 21.1. The first-order valence-corrected chi connectivity index (χ1v) is 10.7. The van der Waals surface area contributed by atoms with Gasteiger partial charge in [-0.15, -0.1) is 0 Å². The Morgan fingerprint density at radius 2 is 1.76 bits per heavy atom. The van der Waals surface area contributed by atoms with E-state index < -0.39 is 0 Å². The van der Waals surface area contributed by atoms with Crippen molar-refractivity contribution in [3.63, 3.8) is 0 Å². The van der Waals surface area contributed by atoms with Gasteiger partial charge in [0.25, 0.3) is 11.5 Å². The van der Waals surface area contributed by atoms with Gasteiger partial charge < -0.3 is 9.73 Å². The maximum atomic E-state index is 13.0. The zero-order chi connectivity index (χ0) is 23.7. The Kier molecular flexibility index (Phi) is 5.39. The second-order valence-corrected chi connectivity index (χ2v) is 7.88. The van der Waals surface area contributed by atoms with E-state index in [1.807, 2.05) is 56.3 Å². The number of benzene rings is 2. The summed E-state index contributed by atoms with van der Waals surface area (Å²) in [6.07, 6.45) is 1.54. The minimum Gasteiger partial charge on any atom is -0.463 e. The summed E-state index contributed by atoms with van der Waals surface area (Å²) in [5, 5.41) is 7.44. The summed E-state index contributed by atoms with van der Waals surface area (Å²) in [5.41, 5.74) is 4.03. The summed E-state index contributed by atoms with van der Waals surface area (Å²) in [5.74, 6) is 0.710. The second kappa shape index (κ2) is 8.67. The molecule has 0 atom stereocenters. The van der Waals surface area contributed by atoms with Gasteiger partial charge in [0.15, 0.2) is 5.76 Å². The summed E-state index contributed by atoms with van der Waals surface area (Å²) in [7, 11) is 0. The molecule has 0 aliphatic rings. The second-order valence-electron chi connectivity index (χ2n) is 7.88. The van der Waals surface area contributed by atoms with Crippen LogP contribution in [-0.2, 0) is 0 Å². The standard InChI is InChI=1S/C26H21N5O3/c1-16-10-11-19(13-17(16)2)25(33)28-23-14-21(22-9-6-12-34-22)30-31(23)26-27-20(15-24(32)29-26)18-7-4-3-5-8-18/h3-15H,1-2H3,(H,28,33)(H,27,29,32). The number of aromatic nitrogens is 4. The Balaban J connectivity index is 1.59. The molecule has 168 valence electrons. The maximum Gasteiger partial charge on any atom is 0.256 e. The van der Waals surface area contributed by atoms with Crippen molar-refractivity contribution >= 4 is 11.7 Å². The molecule has 8 nitrogen and oxygen atoms in total. The quantitative estimate of drug-likeness (QED) is 0.401. The molecule has 0 radical (unpaired) electrons. The fourth-order valence-electron chi connectivity index (χ4n) is 3.55. The van der Waals surface area contributed by atoms with E-state index in [0.717, 1.165) is 16.7 Å². The van der Waals surface area contributed by atoms with Crippen molar-refractivity contribution in [3.05, 3.63) is 106 Å². The lowest BCUT2D eigenvalue weighted by molar-refractivity contribution is 0.102. The zero-order valence-corrected chi connectivity index (χ0v) is 18.6. The minimum absolute atomic E-state index is 0.166. The number of amides is 1. The lowest BCUT2D eigenvalue weighted by Gasteiger charge is -2.10. The molecule has 1 amide bonds. The predicted octanol–water partition coefficient (Wildman–Crippen LogP) is 4.75. The number of hydrogen-bond donors (Lipinski definition) is 2. The van der Waals surface area contributed by atoms with Gasteiger partial charge in [-0.05, 0) is 49.2 Å². The Morgan fingerprint density at radius 3 is 2.50 bits per heavy atom. The molecular formula is C26H21N5O3. The number of carbonyl (C=O) groups is 1. The number of nitrogens with zero attached hydrogens (tertiary/aromatic N) is 3. The number of anilines is 1. The highest BCUT2D eigenvalue weighted by Crippen LogP contribution is 2.25. The van der Waals surface area contributed by atoms with Crippen LogP contribution >= 0.6 is 0 Å². The molecule has 5 aromatic rings. The van der Waals surface area contributed by atoms with E-state index in [-0.39, 0.29) is 17.4 Å². The van der Waals surface area contributed by atoms with Gasteiger partial charge in [-0.1, -0.05) is 36.4 Å². The van der Waals surface area contributed by atoms with Crippen LogP contribution in [0.2, 0.25) is 0 Å². The summed E-state index contributed by atoms with van der Waals surface area (Å²) in [6, 6.07) is 21.5. The Bertz CT molecular complexity index is 1530. The monoisotopic (exact) mass is 451 g/mol. The van der Waals surface area contributed by atoms with Gasteiger partial charge in [0.2, 0.25) is 5.95 Å². The molecule has 2 N–H and O–H groups in total. The molecule has 8 heteroatoms. The SMILES string of the molecule is Cc1ccc(C(=O)Nc2cc(-c3ccco3)nn2-c2nc(-c3ccccc3)cc(=O)[nH]2)cc1C. The van der Waals surface area contributed by atoms with E-state index in [0.29, 0.717) is 28.5 Å². The first-order chi connectivity index (χ1) is 16.5. The fraction of sp³-hybridized carbons (Fsp3) is 0.0769. The predicted molar refractivity (Wildman–Crippen MR) is 129 cm³/mol. The van der Waals surface area contributed by atoms with Crippen molar-refractivity contribution in [2.75, 3.05) is 5.32 Å². The normalized spacial score (nSPS) is 10.9. The highest BCUT2D eigenvalue weighted by molar-refractivity contribution is 6.04. The summed E-state index contributed by atoms with van der Waals surface area (Å²) in [4.78, 5) is 32.8. The molecule has 0 spiro atoms. The molecule has 0 aliphatic heterocycles. The fourth-order valence-corrected chi connectivity index (χ4v) is 3.55. The van der Waals surface area contributed by atoms with E-state index in [2.05, 4.69) is 20.4 Å². The van der Waals surface area contributed by atoms with Gasteiger partial charge in [-0.3, -0.25) is 14.6 Å². The van der Waals surface area contributed by atoms with Crippen LogP contribution in [-0.4, -0.2) is 25.7 Å². The molecule has 0 unspecified atom stereocenters. The highest BCUT2D eigenvalue weighted by Gasteiger charge is 2.18. The van der Waals surface area contributed by atoms with Crippen molar-refractivity contribution < 1.29 is 9.21 Å². The van der Waals surface area contributed by atoms with Gasteiger partial charge in [0.1, 0.15) is 11.5 Å². The molecule has 2 aromatic carbocycles. The number of H-pyrrole nitrogens is 1. The third-order valence-corrected chi connectivity index (χ3v) is 5.49. The van der Waals surface area contributed by atoms with Crippen molar-refractivity contribution in [3.8, 4) is 28.7 Å². The van der Waals surface area contributed by atoms with Gasteiger partial charge in [-0.25, -0.2) is 4.98 Å². The van der Waals surface area contributed by atoms with Crippen molar-refractivity contribution in [2.24, 2.45) is 0 Å². The van der Waals surface area contributed by atoms with Crippen LogP contribution in [0, 0.1) is 13.8 Å². The molecule has 0 aliphatic carbocycles. The number of rotatable bonds is 5. The number of aryl methyl sites for hydroxylation is 2. The Labute approximate surface area is 194 Å². The van der Waals surface area contributed by atoms with Gasteiger partial charge in [0, 0.05) is 23.3 Å². The van der Waals surface area contributed by atoms with Crippen LogP contribution in [0.1, 0.15) is 21.5 Å². The summed E-state index contributed by atoms with van der Waals surface area (Å²) >= 11 is 0. The molecule has 0 fully saturated rings. The number of hydrogen-bond acceptors (Lipinski definition) is 5. The molecule has 34 heavy (non-hydrogen) atoms. The lowest BCUT2D eigenvalue weighted by atomic mass is 10.1. The third kappa shape index (κ3) is 4.16. The van der Waals surface area contributed by atoms with Crippen LogP contribution in [0.4, 0.5) is 5.82 Å².